The molecule has 7 heteroatoms. The Hall–Kier alpha value is -3.35. The van der Waals surface area contributed by atoms with Gasteiger partial charge in [0.05, 0.1) is 5.92 Å². The highest BCUT2D eigenvalue weighted by Crippen LogP contribution is 2.20. The Morgan fingerprint density at radius 3 is 2.50 bits per heavy atom. The number of rotatable bonds is 8. The van der Waals surface area contributed by atoms with E-state index in [9.17, 15) is 14.4 Å². The van der Waals surface area contributed by atoms with Gasteiger partial charge in [0.1, 0.15) is 12.4 Å². The van der Waals surface area contributed by atoms with Crippen LogP contribution in [0, 0.1) is 5.92 Å². The molecule has 2 atom stereocenters. The minimum Gasteiger partial charge on any atom is -0.489 e. The molecule has 3 rings (SSSR count). The first kappa shape index (κ1) is 23.3. The van der Waals surface area contributed by atoms with E-state index in [4.69, 9.17) is 9.47 Å². The van der Waals surface area contributed by atoms with Crippen LogP contribution in [0.15, 0.2) is 54.6 Å². The summed E-state index contributed by atoms with van der Waals surface area (Å²) < 4.78 is 11.1. The molecule has 1 fully saturated rings. The topological polar surface area (TPSA) is 84.9 Å². The molecule has 32 heavy (non-hydrogen) atoms. The number of carbonyl (C=O) groups excluding carboxylic acids is 3. The summed E-state index contributed by atoms with van der Waals surface area (Å²) >= 11 is 0. The first-order valence-electron chi connectivity index (χ1n) is 11.0. The van der Waals surface area contributed by atoms with Crippen molar-refractivity contribution in [3.63, 3.8) is 0 Å². The van der Waals surface area contributed by atoms with Gasteiger partial charge < -0.3 is 19.7 Å². The highest BCUT2D eigenvalue weighted by atomic mass is 16.5. The van der Waals surface area contributed by atoms with Gasteiger partial charge in [-0.1, -0.05) is 37.3 Å². The van der Waals surface area contributed by atoms with Crippen LogP contribution < -0.4 is 10.1 Å². The zero-order valence-electron chi connectivity index (χ0n) is 18.6. The fourth-order valence-electron chi connectivity index (χ4n) is 3.56. The second kappa shape index (κ2) is 11.3. The third kappa shape index (κ3) is 6.57. The molecule has 0 saturated carbocycles. The van der Waals surface area contributed by atoms with Gasteiger partial charge in [0.25, 0.3) is 5.91 Å². The maximum atomic E-state index is 12.5. The molecule has 7 nitrogen and oxygen atoms in total. The van der Waals surface area contributed by atoms with Crippen LogP contribution in [0.3, 0.4) is 0 Å². The van der Waals surface area contributed by atoms with Gasteiger partial charge in [-0.3, -0.25) is 14.4 Å². The second-order valence-corrected chi connectivity index (χ2v) is 7.90. The molecule has 1 aliphatic heterocycles. The third-order valence-electron chi connectivity index (χ3n) is 5.44. The predicted molar refractivity (Wildman–Crippen MR) is 121 cm³/mol. The minimum absolute atomic E-state index is 0.0319. The molecule has 0 aliphatic carbocycles. The third-order valence-corrected chi connectivity index (χ3v) is 5.44. The van der Waals surface area contributed by atoms with Crippen molar-refractivity contribution in [2.45, 2.75) is 45.8 Å². The summed E-state index contributed by atoms with van der Waals surface area (Å²) in [7, 11) is 0. The Kier molecular flexibility index (Phi) is 8.25. The van der Waals surface area contributed by atoms with E-state index in [1.54, 1.807) is 43.0 Å². The van der Waals surface area contributed by atoms with Crippen molar-refractivity contribution in [1.29, 1.82) is 0 Å². The number of carbonyl (C=O) groups is 3. The first-order valence-corrected chi connectivity index (χ1v) is 11.0. The van der Waals surface area contributed by atoms with E-state index in [-0.39, 0.29) is 5.91 Å². The normalized spacial score (nSPS) is 16.7. The van der Waals surface area contributed by atoms with Gasteiger partial charge in [-0.2, -0.15) is 0 Å². The Balaban J connectivity index is 1.46. The van der Waals surface area contributed by atoms with E-state index >= 15 is 0 Å². The zero-order valence-corrected chi connectivity index (χ0v) is 18.6. The molecule has 170 valence electrons. The monoisotopic (exact) mass is 438 g/mol. The molecule has 0 radical (unpaired) electrons. The lowest BCUT2D eigenvalue weighted by atomic mass is 9.98. The van der Waals surface area contributed by atoms with Gasteiger partial charge in [0.2, 0.25) is 5.91 Å². The fourth-order valence-corrected chi connectivity index (χ4v) is 3.56. The summed E-state index contributed by atoms with van der Waals surface area (Å²) in [6, 6.07) is 16.9. The zero-order chi connectivity index (χ0) is 22.9. The molecule has 2 aromatic carbocycles. The number of benzene rings is 2. The number of nitrogens with zero attached hydrogens (tertiary/aromatic N) is 1. The molecule has 0 spiro atoms. The molecule has 1 aliphatic rings. The van der Waals surface area contributed by atoms with Crippen molar-refractivity contribution in [3.05, 3.63) is 60.2 Å². The predicted octanol–water partition coefficient (Wildman–Crippen LogP) is 3.78. The Morgan fingerprint density at radius 2 is 1.81 bits per heavy atom. The Bertz CT molecular complexity index is 914. The number of ether oxygens (including phenoxy) is 2. The molecule has 1 N–H and O–H groups in total. The molecular formula is C25H30N2O5. The van der Waals surface area contributed by atoms with Gasteiger partial charge in [-0.15, -0.1) is 0 Å². The lowest BCUT2D eigenvalue weighted by Gasteiger charge is -2.31. The van der Waals surface area contributed by atoms with E-state index in [1.807, 2.05) is 30.3 Å². The summed E-state index contributed by atoms with van der Waals surface area (Å²) in [5, 5.41) is 2.75. The number of amides is 2. The molecule has 0 aromatic heterocycles. The largest absolute Gasteiger partial charge is 0.489 e. The molecule has 2 amide bonds. The van der Waals surface area contributed by atoms with Crippen molar-refractivity contribution in [2.24, 2.45) is 5.92 Å². The summed E-state index contributed by atoms with van der Waals surface area (Å²) in [5.74, 6) is -0.519. The highest BCUT2D eigenvalue weighted by Gasteiger charge is 2.31. The average Bonchev–Trinajstić information content (AvgIpc) is 2.83. The van der Waals surface area contributed by atoms with E-state index in [1.165, 1.54) is 0 Å². The van der Waals surface area contributed by atoms with E-state index in [0.717, 1.165) is 12.0 Å². The summed E-state index contributed by atoms with van der Waals surface area (Å²) in [5.41, 5.74) is 1.66. The maximum Gasteiger partial charge on any atom is 0.311 e. The maximum absolute atomic E-state index is 12.5. The first-order chi connectivity index (χ1) is 15.5. The van der Waals surface area contributed by atoms with Crippen molar-refractivity contribution < 1.29 is 23.9 Å². The average molecular weight is 439 g/mol. The quantitative estimate of drug-likeness (QED) is 0.634. The molecular weight excluding hydrogens is 408 g/mol. The van der Waals surface area contributed by atoms with E-state index in [0.29, 0.717) is 44.0 Å². The number of anilines is 1. The number of piperidine rings is 1. The molecule has 1 saturated heterocycles. The van der Waals surface area contributed by atoms with E-state index < -0.39 is 23.9 Å². The fraction of sp³-hybridized carbons (Fsp3) is 0.400. The smallest absolute Gasteiger partial charge is 0.311 e. The highest BCUT2D eigenvalue weighted by molar-refractivity contribution is 5.95. The van der Waals surface area contributed by atoms with Crippen LogP contribution in [0.1, 0.15) is 38.7 Å². The lowest BCUT2D eigenvalue weighted by molar-refractivity contribution is -0.159. The van der Waals surface area contributed by atoms with Crippen molar-refractivity contribution >= 4 is 23.5 Å². The van der Waals surface area contributed by atoms with Crippen LogP contribution in [0.4, 0.5) is 5.69 Å². The van der Waals surface area contributed by atoms with Gasteiger partial charge >= 0.3 is 5.97 Å². The number of esters is 1. The van der Waals surface area contributed by atoms with Gasteiger partial charge in [0.15, 0.2) is 6.10 Å². The van der Waals surface area contributed by atoms with Crippen LogP contribution in [0.2, 0.25) is 0 Å². The number of nitrogens with one attached hydrogen (secondary N) is 1. The van der Waals surface area contributed by atoms with Crippen LogP contribution in [-0.4, -0.2) is 41.9 Å². The molecule has 2 unspecified atom stereocenters. The number of likely N-dealkylation sites (tertiary alicyclic amines) is 1. The molecule has 2 aromatic rings. The summed E-state index contributed by atoms with van der Waals surface area (Å²) in [6.45, 7) is 4.82. The summed E-state index contributed by atoms with van der Waals surface area (Å²) in [6.07, 6.45) is 0.890. The van der Waals surface area contributed by atoms with Crippen molar-refractivity contribution in [2.75, 3.05) is 18.4 Å². The van der Waals surface area contributed by atoms with Crippen molar-refractivity contribution in [1.82, 2.24) is 4.90 Å². The molecule has 0 bridgehead atoms. The Labute approximate surface area is 188 Å². The standard InChI is InChI=1S/C25H30N2O5/c1-3-23(28)27-15-7-10-20(16-27)25(30)32-18(2)24(29)26-21-11-13-22(14-12-21)31-17-19-8-5-4-6-9-19/h4-6,8-9,11-14,18,20H,3,7,10,15-17H2,1-2H3,(H,26,29). The van der Waals surface area contributed by atoms with Gasteiger partial charge in [-0.05, 0) is 49.6 Å². The van der Waals surface area contributed by atoms with Crippen LogP contribution >= 0.6 is 0 Å². The summed E-state index contributed by atoms with van der Waals surface area (Å²) in [4.78, 5) is 38.6. The lowest BCUT2D eigenvalue weighted by Crippen LogP contribution is -2.43. The van der Waals surface area contributed by atoms with Crippen LogP contribution in [0.25, 0.3) is 0 Å². The number of hydrogen-bond acceptors (Lipinski definition) is 5. The SMILES string of the molecule is CCC(=O)N1CCCC(C(=O)OC(C)C(=O)Nc2ccc(OCc3ccccc3)cc2)C1. The Morgan fingerprint density at radius 1 is 1.09 bits per heavy atom. The van der Waals surface area contributed by atoms with Crippen LogP contribution in [-0.2, 0) is 25.7 Å². The second-order valence-electron chi connectivity index (χ2n) is 7.90. The number of hydrogen-bond donors (Lipinski definition) is 1. The van der Waals surface area contributed by atoms with Gasteiger partial charge in [0, 0.05) is 25.2 Å². The molecule has 1 heterocycles. The minimum atomic E-state index is -0.936. The van der Waals surface area contributed by atoms with Crippen molar-refractivity contribution in [3.8, 4) is 5.75 Å². The van der Waals surface area contributed by atoms with E-state index in [2.05, 4.69) is 5.32 Å². The van der Waals surface area contributed by atoms with Crippen LogP contribution in [0.5, 0.6) is 5.75 Å². The van der Waals surface area contributed by atoms with Gasteiger partial charge in [-0.25, -0.2) is 0 Å².